The molecule has 0 fully saturated rings. The number of hydrogen-bond acceptors (Lipinski definition) is 5. The van der Waals surface area contributed by atoms with Crippen LogP contribution in [0.15, 0.2) is 34.3 Å². The number of rotatable bonds is 4. The van der Waals surface area contributed by atoms with Crippen LogP contribution in [0.3, 0.4) is 0 Å². The predicted molar refractivity (Wildman–Crippen MR) is 93.6 cm³/mol. The van der Waals surface area contributed by atoms with Gasteiger partial charge in [-0.1, -0.05) is 29.4 Å². The van der Waals surface area contributed by atoms with E-state index < -0.39 is 0 Å². The van der Waals surface area contributed by atoms with Crippen molar-refractivity contribution in [3.63, 3.8) is 0 Å². The van der Waals surface area contributed by atoms with Gasteiger partial charge in [0.1, 0.15) is 0 Å². The summed E-state index contributed by atoms with van der Waals surface area (Å²) in [6.07, 6.45) is 3.23. The molecule has 0 aliphatic heterocycles. The molecular weight excluding hydrogens is 350 g/mol. The van der Waals surface area contributed by atoms with Crippen molar-refractivity contribution in [1.82, 2.24) is 25.3 Å². The number of amides is 1. The molecule has 24 heavy (non-hydrogen) atoms. The fourth-order valence-corrected chi connectivity index (χ4v) is 2.79. The van der Waals surface area contributed by atoms with Gasteiger partial charge in [0.25, 0.3) is 5.91 Å². The molecule has 0 radical (unpaired) electrons. The van der Waals surface area contributed by atoms with E-state index in [-0.39, 0.29) is 28.4 Å². The van der Waals surface area contributed by atoms with Gasteiger partial charge >= 0.3 is 5.69 Å². The van der Waals surface area contributed by atoms with E-state index >= 15 is 0 Å². The maximum absolute atomic E-state index is 12.4. The molecule has 124 valence electrons. The lowest BCUT2D eigenvalue weighted by Crippen LogP contribution is -2.28. The smallest absolute Gasteiger partial charge is 0.323 e. The zero-order valence-electron chi connectivity index (χ0n) is 12.9. The Labute approximate surface area is 146 Å². The van der Waals surface area contributed by atoms with Crippen LogP contribution in [0.4, 0.5) is 0 Å². The predicted octanol–water partition coefficient (Wildman–Crippen LogP) is 2.51. The standard InChI is InChI=1S/C15H14ClN5O2S/c1-7(8-3-4-10-11(5-8)20-14(23)19-10)18-13(22)12-9(16)6-17-15(21-12)24-2/h3-7H,1-2H3,(H,18,22)(H2,19,20,23)/t7-/m1/s1. The highest BCUT2D eigenvalue weighted by Crippen LogP contribution is 2.20. The molecule has 0 unspecified atom stereocenters. The highest BCUT2D eigenvalue weighted by atomic mass is 35.5. The van der Waals surface area contributed by atoms with Crippen molar-refractivity contribution in [3.05, 3.63) is 51.2 Å². The van der Waals surface area contributed by atoms with Crippen LogP contribution in [-0.2, 0) is 0 Å². The number of H-pyrrole nitrogens is 2. The topological polar surface area (TPSA) is 104 Å². The third-order valence-electron chi connectivity index (χ3n) is 3.51. The first kappa shape index (κ1) is 16.5. The molecule has 3 N–H and O–H groups in total. The second-order valence-electron chi connectivity index (χ2n) is 5.13. The van der Waals surface area contributed by atoms with Crippen molar-refractivity contribution in [2.24, 2.45) is 0 Å². The minimum Gasteiger partial charge on any atom is -0.344 e. The van der Waals surface area contributed by atoms with E-state index in [1.165, 1.54) is 18.0 Å². The number of halogens is 1. The SMILES string of the molecule is CSc1ncc(Cl)c(C(=O)N[C@H](C)c2ccc3[nH]c(=O)[nH]c3c2)n1. The van der Waals surface area contributed by atoms with Gasteiger partial charge in [-0.25, -0.2) is 14.8 Å². The van der Waals surface area contributed by atoms with Crippen LogP contribution in [0.5, 0.6) is 0 Å². The Morgan fingerprint density at radius 1 is 1.33 bits per heavy atom. The Balaban J connectivity index is 1.83. The van der Waals surface area contributed by atoms with E-state index in [1.807, 2.05) is 25.3 Å². The molecule has 0 saturated carbocycles. The average Bonchev–Trinajstić information content (AvgIpc) is 2.94. The molecule has 1 atom stereocenters. The van der Waals surface area contributed by atoms with Crippen molar-refractivity contribution in [3.8, 4) is 0 Å². The molecule has 0 aliphatic rings. The summed E-state index contributed by atoms with van der Waals surface area (Å²) in [5.41, 5.74) is 2.12. The van der Waals surface area contributed by atoms with Crippen molar-refractivity contribution in [2.45, 2.75) is 18.1 Å². The fourth-order valence-electron chi connectivity index (χ4n) is 2.28. The number of nitrogens with zero attached hydrogens (tertiary/aromatic N) is 2. The molecule has 0 saturated heterocycles. The van der Waals surface area contributed by atoms with Crippen LogP contribution in [0.2, 0.25) is 5.02 Å². The van der Waals surface area contributed by atoms with Gasteiger partial charge in [-0.15, -0.1) is 0 Å². The van der Waals surface area contributed by atoms with Crippen LogP contribution in [0.25, 0.3) is 11.0 Å². The lowest BCUT2D eigenvalue weighted by Gasteiger charge is -2.14. The summed E-state index contributed by atoms with van der Waals surface area (Å²) < 4.78 is 0. The number of thioether (sulfide) groups is 1. The first-order chi connectivity index (χ1) is 11.5. The maximum atomic E-state index is 12.4. The van der Waals surface area contributed by atoms with Gasteiger partial charge in [0.05, 0.1) is 28.3 Å². The Morgan fingerprint density at radius 3 is 2.83 bits per heavy atom. The Hall–Kier alpha value is -2.32. The molecular formula is C15H14ClN5O2S. The Bertz CT molecular complexity index is 968. The largest absolute Gasteiger partial charge is 0.344 e. The molecule has 1 aromatic carbocycles. The normalized spacial score (nSPS) is 12.3. The molecule has 9 heteroatoms. The van der Waals surface area contributed by atoms with E-state index in [0.29, 0.717) is 16.2 Å². The molecule has 7 nitrogen and oxygen atoms in total. The number of carbonyl (C=O) groups is 1. The third kappa shape index (κ3) is 3.29. The molecule has 0 aliphatic carbocycles. The number of aromatic amines is 2. The molecule has 0 bridgehead atoms. The van der Waals surface area contributed by atoms with Gasteiger partial charge in [0.15, 0.2) is 10.9 Å². The summed E-state index contributed by atoms with van der Waals surface area (Å²) in [4.78, 5) is 37.3. The van der Waals surface area contributed by atoms with Crippen molar-refractivity contribution >= 4 is 40.3 Å². The summed E-state index contributed by atoms with van der Waals surface area (Å²) in [7, 11) is 0. The number of benzene rings is 1. The molecule has 2 aromatic heterocycles. The first-order valence-electron chi connectivity index (χ1n) is 7.07. The second kappa shape index (κ2) is 6.66. The summed E-state index contributed by atoms with van der Waals surface area (Å²) >= 11 is 7.35. The number of nitrogens with one attached hydrogen (secondary N) is 3. The Kier molecular flexibility index (Phi) is 4.59. The minimum absolute atomic E-state index is 0.138. The summed E-state index contributed by atoms with van der Waals surface area (Å²) in [5, 5.41) is 3.52. The fraction of sp³-hybridized carbons (Fsp3) is 0.200. The first-order valence-corrected chi connectivity index (χ1v) is 8.67. The number of aromatic nitrogens is 4. The van der Waals surface area contributed by atoms with Gasteiger partial charge in [0, 0.05) is 0 Å². The average molecular weight is 364 g/mol. The van der Waals surface area contributed by atoms with Crippen LogP contribution in [-0.4, -0.2) is 32.1 Å². The van der Waals surface area contributed by atoms with Gasteiger partial charge in [0.2, 0.25) is 0 Å². The molecule has 0 spiro atoms. The quantitative estimate of drug-likeness (QED) is 0.488. The van der Waals surface area contributed by atoms with Gasteiger partial charge in [-0.3, -0.25) is 4.79 Å². The number of hydrogen-bond donors (Lipinski definition) is 3. The van der Waals surface area contributed by atoms with E-state index in [4.69, 9.17) is 11.6 Å². The molecule has 1 amide bonds. The van der Waals surface area contributed by atoms with Crippen LogP contribution >= 0.6 is 23.4 Å². The summed E-state index contributed by atoms with van der Waals surface area (Å²) in [6.45, 7) is 1.84. The number of fused-ring (bicyclic) bond motifs is 1. The lowest BCUT2D eigenvalue weighted by atomic mass is 10.1. The zero-order valence-corrected chi connectivity index (χ0v) is 14.5. The van der Waals surface area contributed by atoms with Crippen LogP contribution < -0.4 is 11.0 Å². The van der Waals surface area contributed by atoms with E-state index in [2.05, 4.69) is 25.3 Å². The number of imidazole rings is 1. The lowest BCUT2D eigenvalue weighted by molar-refractivity contribution is 0.0934. The van der Waals surface area contributed by atoms with E-state index in [9.17, 15) is 9.59 Å². The van der Waals surface area contributed by atoms with Crippen molar-refractivity contribution in [1.29, 1.82) is 0 Å². The maximum Gasteiger partial charge on any atom is 0.323 e. The van der Waals surface area contributed by atoms with Crippen LogP contribution in [0, 0.1) is 0 Å². The highest BCUT2D eigenvalue weighted by Gasteiger charge is 2.17. The monoisotopic (exact) mass is 363 g/mol. The van der Waals surface area contributed by atoms with Gasteiger partial charge < -0.3 is 15.3 Å². The van der Waals surface area contributed by atoms with Crippen molar-refractivity contribution < 1.29 is 4.79 Å². The highest BCUT2D eigenvalue weighted by molar-refractivity contribution is 7.98. The van der Waals surface area contributed by atoms with E-state index in [0.717, 1.165) is 5.56 Å². The Morgan fingerprint density at radius 2 is 2.08 bits per heavy atom. The second-order valence-corrected chi connectivity index (χ2v) is 6.31. The minimum atomic E-state index is -0.382. The molecule has 2 heterocycles. The molecule has 3 rings (SSSR count). The van der Waals surface area contributed by atoms with Gasteiger partial charge in [-0.05, 0) is 30.9 Å². The van der Waals surface area contributed by atoms with Gasteiger partial charge in [-0.2, -0.15) is 0 Å². The van der Waals surface area contributed by atoms with Crippen LogP contribution in [0.1, 0.15) is 29.0 Å². The number of carbonyl (C=O) groups excluding carboxylic acids is 1. The summed E-state index contributed by atoms with van der Waals surface area (Å²) in [5.74, 6) is -0.382. The van der Waals surface area contributed by atoms with E-state index in [1.54, 1.807) is 6.07 Å². The molecule has 3 aromatic rings. The van der Waals surface area contributed by atoms with Crippen molar-refractivity contribution in [2.75, 3.05) is 6.26 Å². The summed E-state index contributed by atoms with van der Waals surface area (Å²) in [6, 6.07) is 5.15. The third-order valence-corrected chi connectivity index (χ3v) is 4.35. The zero-order chi connectivity index (χ0) is 17.3.